The first kappa shape index (κ1) is 19.5. The third kappa shape index (κ3) is 4.20. The molecule has 0 aliphatic carbocycles. The fourth-order valence-corrected chi connectivity index (χ4v) is 4.55. The Kier molecular flexibility index (Phi) is 5.64. The number of nitro groups is 1. The summed E-state index contributed by atoms with van der Waals surface area (Å²) in [6.45, 7) is 0.674. The Hall–Kier alpha value is -2.23. The smallest absolute Gasteiger partial charge is 0.312 e. The zero-order valence-electron chi connectivity index (χ0n) is 14.1. The van der Waals surface area contributed by atoms with Crippen LogP contribution >= 0.6 is 11.6 Å². The molecule has 1 saturated heterocycles. The highest BCUT2D eigenvalue weighted by molar-refractivity contribution is 7.89. The van der Waals surface area contributed by atoms with Crippen molar-refractivity contribution in [1.82, 2.24) is 4.31 Å². The van der Waals surface area contributed by atoms with Crippen LogP contribution in [0.1, 0.15) is 18.4 Å². The third-order valence-electron chi connectivity index (χ3n) is 4.23. The number of hydrogen-bond acceptors (Lipinski definition) is 5. The number of rotatable bonds is 6. The molecule has 1 heterocycles. The number of halogens is 2. The Morgan fingerprint density at radius 1 is 1.19 bits per heavy atom. The van der Waals surface area contributed by atoms with Crippen LogP contribution in [-0.2, 0) is 16.6 Å². The van der Waals surface area contributed by atoms with Crippen LogP contribution in [0.5, 0.6) is 5.75 Å². The maximum absolute atomic E-state index is 13.1. The first-order valence-electron chi connectivity index (χ1n) is 8.14. The zero-order chi connectivity index (χ0) is 19.6. The van der Waals surface area contributed by atoms with E-state index in [2.05, 4.69) is 0 Å². The van der Waals surface area contributed by atoms with Crippen LogP contribution < -0.4 is 4.74 Å². The maximum atomic E-state index is 13.1. The summed E-state index contributed by atoms with van der Waals surface area (Å²) in [7, 11) is -3.78. The first-order valence-corrected chi connectivity index (χ1v) is 9.96. The lowest BCUT2D eigenvalue weighted by molar-refractivity contribution is -0.386. The topological polar surface area (TPSA) is 89.8 Å². The van der Waals surface area contributed by atoms with Gasteiger partial charge in [0, 0.05) is 24.7 Å². The van der Waals surface area contributed by atoms with Crippen molar-refractivity contribution in [1.29, 1.82) is 0 Å². The summed E-state index contributed by atoms with van der Waals surface area (Å²) >= 11 is 5.92. The maximum Gasteiger partial charge on any atom is 0.312 e. The monoisotopic (exact) mass is 414 g/mol. The molecule has 0 saturated carbocycles. The quantitative estimate of drug-likeness (QED) is 0.530. The standard InChI is InChI=1S/C17H16ClFN2O5S/c18-15-9-13(19)4-3-12(15)11-26-17-6-5-14(10-16(17)21(22)23)27(24,25)20-7-1-2-8-20/h3-6,9-10H,1-2,7-8,11H2. The van der Waals surface area contributed by atoms with E-state index in [0.717, 1.165) is 25.0 Å². The second-order valence-corrected chi connectivity index (χ2v) is 8.37. The van der Waals surface area contributed by atoms with Gasteiger partial charge in [-0.25, -0.2) is 12.8 Å². The lowest BCUT2D eigenvalue weighted by Crippen LogP contribution is -2.27. The summed E-state index contributed by atoms with van der Waals surface area (Å²) in [5.74, 6) is -0.605. The normalized spacial score (nSPS) is 15.0. The molecule has 2 aromatic rings. The van der Waals surface area contributed by atoms with Gasteiger partial charge in [0.15, 0.2) is 5.75 Å². The van der Waals surface area contributed by atoms with Crippen molar-refractivity contribution in [2.45, 2.75) is 24.3 Å². The molecule has 3 rings (SSSR count). The Morgan fingerprint density at radius 2 is 1.89 bits per heavy atom. The molecule has 27 heavy (non-hydrogen) atoms. The second kappa shape index (κ2) is 7.79. The van der Waals surface area contributed by atoms with Gasteiger partial charge in [-0.05, 0) is 37.1 Å². The summed E-state index contributed by atoms with van der Waals surface area (Å²) in [4.78, 5) is 10.5. The average molecular weight is 415 g/mol. The van der Waals surface area contributed by atoms with Crippen LogP contribution in [0.25, 0.3) is 0 Å². The molecular formula is C17H16ClFN2O5S. The van der Waals surface area contributed by atoms with Gasteiger partial charge in [0.2, 0.25) is 10.0 Å². The molecule has 0 spiro atoms. The van der Waals surface area contributed by atoms with Gasteiger partial charge in [-0.1, -0.05) is 17.7 Å². The Labute approximate surface area is 160 Å². The van der Waals surface area contributed by atoms with Gasteiger partial charge in [0.25, 0.3) is 0 Å². The minimum absolute atomic E-state index is 0.0965. The van der Waals surface area contributed by atoms with E-state index < -0.39 is 26.5 Å². The van der Waals surface area contributed by atoms with Crippen molar-refractivity contribution in [3.63, 3.8) is 0 Å². The fraction of sp³-hybridized carbons (Fsp3) is 0.294. The zero-order valence-corrected chi connectivity index (χ0v) is 15.7. The van der Waals surface area contributed by atoms with Crippen molar-refractivity contribution in [3.05, 3.63) is 62.9 Å². The lowest BCUT2D eigenvalue weighted by Gasteiger charge is -2.16. The molecule has 2 aromatic carbocycles. The van der Waals surface area contributed by atoms with Crippen molar-refractivity contribution in [2.75, 3.05) is 13.1 Å². The van der Waals surface area contributed by atoms with Crippen molar-refractivity contribution >= 4 is 27.3 Å². The predicted molar refractivity (Wildman–Crippen MR) is 96.8 cm³/mol. The highest BCUT2D eigenvalue weighted by Gasteiger charge is 2.29. The van der Waals surface area contributed by atoms with Crippen molar-refractivity contribution in [2.24, 2.45) is 0 Å². The van der Waals surface area contributed by atoms with E-state index in [-0.39, 0.29) is 22.3 Å². The molecule has 0 aromatic heterocycles. The Balaban J connectivity index is 1.87. The first-order chi connectivity index (χ1) is 12.8. The molecule has 1 fully saturated rings. The molecule has 0 bridgehead atoms. The fourth-order valence-electron chi connectivity index (χ4n) is 2.79. The molecule has 0 atom stereocenters. The summed E-state index contributed by atoms with van der Waals surface area (Å²) in [6.07, 6.45) is 1.53. The van der Waals surface area contributed by atoms with Gasteiger partial charge < -0.3 is 4.74 Å². The van der Waals surface area contributed by atoms with E-state index in [1.807, 2.05) is 0 Å². The molecule has 144 valence electrons. The number of nitrogens with zero attached hydrogens (tertiary/aromatic N) is 2. The SMILES string of the molecule is O=[N+]([O-])c1cc(S(=O)(=O)N2CCCC2)ccc1OCc1ccc(F)cc1Cl. The van der Waals surface area contributed by atoms with Crippen molar-refractivity contribution < 1.29 is 22.5 Å². The van der Waals surface area contributed by atoms with Crippen LogP contribution in [0, 0.1) is 15.9 Å². The molecule has 10 heteroatoms. The van der Waals surface area contributed by atoms with Crippen LogP contribution in [0.15, 0.2) is 41.3 Å². The number of benzene rings is 2. The molecule has 0 unspecified atom stereocenters. The molecule has 0 radical (unpaired) electrons. The molecule has 7 nitrogen and oxygen atoms in total. The molecule has 0 amide bonds. The molecule has 1 aliphatic heterocycles. The van der Waals surface area contributed by atoms with E-state index in [1.54, 1.807) is 0 Å². The predicted octanol–water partition coefficient (Wildman–Crippen LogP) is 3.75. The second-order valence-electron chi connectivity index (χ2n) is 6.02. The third-order valence-corrected chi connectivity index (χ3v) is 6.47. The number of hydrogen-bond donors (Lipinski definition) is 0. The molecule has 1 aliphatic rings. The number of sulfonamides is 1. The van der Waals surface area contributed by atoms with Crippen molar-refractivity contribution in [3.8, 4) is 5.75 Å². The number of nitro benzene ring substituents is 1. The van der Waals surface area contributed by atoms with Crippen LogP contribution in [0.3, 0.4) is 0 Å². The largest absolute Gasteiger partial charge is 0.482 e. The highest BCUT2D eigenvalue weighted by Crippen LogP contribution is 2.32. The minimum Gasteiger partial charge on any atom is -0.482 e. The lowest BCUT2D eigenvalue weighted by atomic mass is 10.2. The molecular weight excluding hydrogens is 399 g/mol. The van der Waals surface area contributed by atoms with Crippen LogP contribution in [0.4, 0.5) is 10.1 Å². The van der Waals surface area contributed by atoms with Crippen LogP contribution in [0.2, 0.25) is 5.02 Å². The van der Waals surface area contributed by atoms with E-state index in [9.17, 15) is 22.9 Å². The van der Waals surface area contributed by atoms with E-state index in [0.29, 0.717) is 18.7 Å². The van der Waals surface area contributed by atoms with Gasteiger partial charge in [0.05, 0.1) is 14.8 Å². The number of ether oxygens (including phenoxy) is 1. The van der Waals surface area contributed by atoms with Gasteiger partial charge >= 0.3 is 5.69 Å². The minimum atomic E-state index is -3.78. The van der Waals surface area contributed by atoms with Gasteiger partial charge in [-0.3, -0.25) is 10.1 Å². The van der Waals surface area contributed by atoms with Gasteiger partial charge in [-0.15, -0.1) is 0 Å². The van der Waals surface area contributed by atoms with Gasteiger partial charge in [-0.2, -0.15) is 4.31 Å². The summed E-state index contributed by atoms with van der Waals surface area (Å²) in [6, 6.07) is 7.25. The van der Waals surface area contributed by atoms with E-state index in [1.165, 1.54) is 28.6 Å². The Bertz CT molecular complexity index is 977. The van der Waals surface area contributed by atoms with Gasteiger partial charge in [0.1, 0.15) is 12.4 Å². The average Bonchev–Trinajstić information content (AvgIpc) is 3.16. The summed E-state index contributed by atoms with van der Waals surface area (Å²) < 4.78 is 45.0. The van der Waals surface area contributed by atoms with Crippen LogP contribution in [-0.4, -0.2) is 30.7 Å². The van der Waals surface area contributed by atoms with E-state index >= 15 is 0 Å². The molecule has 0 N–H and O–H groups in total. The summed E-state index contributed by atoms with van der Waals surface area (Å²) in [5.41, 5.74) is -0.0189. The van der Waals surface area contributed by atoms with E-state index in [4.69, 9.17) is 16.3 Å². The Morgan fingerprint density at radius 3 is 2.52 bits per heavy atom. The summed E-state index contributed by atoms with van der Waals surface area (Å²) in [5, 5.41) is 11.5. The highest BCUT2D eigenvalue weighted by atomic mass is 35.5.